The van der Waals surface area contributed by atoms with Gasteiger partial charge in [0.1, 0.15) is 5.56 Å². The summed E-state index contributed by atoms with van der Waals surface area (Å²) >= 11 is 0. The zero-order chi connectivity index (χ0) is 21.6. The molecule has 1 aliphatic heterocycles. The summed E-state index contributed by atoms with van der Waals surface area (Å²) in [5.41, 5.74) is 1.09. The summed E-state index contributed by atoms with van der Waals surface area (Å²) in [7, 11) is 0. The van der Waals surface area contributed by atoms with E-state index in [-0.39, 0.29) is 17.5 Å². The minimum Gasteiger partial charge on any atom is -0.481 e. The molecule has 0 aliphatic carbocycles. The van der Waals surface area contributed by atoms with Crippen molar-refractivity contribution in [2.24, 2.45) is 5.92 Å². The average molecular weight is 407 g/mol. The number of carboxylic acid groups (broad SMARTS) is 1. The van der Waals surface area contributed by atoms with Crippen molar-refractivity contribution in [1.29, 1.82) is 0 Å². The van der Waals surface area contributed by atoms with E-state index in [1.807, 2.05) is 13.8 Å². The van der Waals surface area contributed by atoms with Crippen LogP contribution in [0.2, 0.25) is 0 Å². The molecule has 1 aliphatic rings. The Bertz CT molecular complexity index is 791. The Labute approximate surface area is 172 Å². The number of nitrogens with zero attached hydrogens (tertiary/aromatic N) is 1. The largest absolute Gasteiger partial charge is 0.481 e. The molecule has 162 valence electrons. The molecule has 0 radical (unpaired) electrons. The molecule has 2 rings (SSSR count). The Morgan fingerprint density at radius 3 is 2.52 bits per heavy atom. The predicted molar refractivity (Wildman–Crippen MR) is 111 cm³/mol. The molecule has 0 unspecified atom stereocenters. The third-order valence-electron chi connectivity index (χ3n) is 5.77. The van der Waals surface area contributed by atoms with Crippen LogP contribution in [-0.2, 0) is 22.5 Å². The van der Waals surface area contributed by atoms with E-state index in [1.165, 1.54) is 0 Å². The predicted octanol–water partition coefficient (Wildman–Crippen LogP) is 2.91. The number of ether oxygens (including phenoxy) is 1. The second kappa shape index (κ2) is 10.1. The van der Waals surface area contributed by atoms with E-state index in [0.717, 1.165) is 24.1 Å². The van der Waals surface area contributed by atoms with Crippen LogP contribution in [-0.4, -0.2) is 40.3 Å². The SMILES string of the molecule is CCc1c(C)cc(C(=O)NC2(CCC(=O)O)CCOCC2)c(=O)n1CCC(C)C. The molecule has 2 N–H and O–H groups in total. The van der Waals surface area contributed by atoms with E-state index in [0.29, 0.717) is 44.9 Å². The van der Waals surface area contributed by atoms with Gasteiger partial charge in [0.25, 0.3) is 11.5 Å². The van der Waals surface area contributed by atoms with Gasteiger partial charge in [-0.15, -0.1) is 0 Å². The van der Waals surface area contributed by atoms with Gasteiger partial charge in [-0.25, -0.2) is 0 Å². The first-order valence-electron chi connectivity index (χ1n) is 10.5. The van der Waals surface area contributed by atoms with Crippen LogP contribution in [0.3, 0.4) is 0 Å². The molecule has 1 aromatic rings. The van der Waals surface area contributed by atoms with Gasteiger partial charge in [-0.3, -0.25) is 14.4 Å². The maximum atomic E-state index is 13.2. The Morgan fingerprint density at radius 2 is 1.97 bits per heavy atom. The highest BCUT2D eigenvalue weighted by Crippen LogP contribution is 2.26. The Kier molecular flexibility index (Phi) is 8.02. The maximum absolute atomic E-state index is 13.2. The van der Waals surface area contributed by atoms with Crippen LogP contribution in [0, 0.1) is 12.8 Å². The summed E-state index contributed by atoms with van der Waals surface area (Å²) in [5.74, 6) is -0.874. The van der Waals surface area contributed by atoms with Crippen LogP contribution in [0.5, 0.6) is 0 Å². The fourth-order valence-corrected chi connectivity index (χ4v) is 3.95. The zero-order valence-electron chi connectivity index (χ0n) is 18.0. The lowest BCUT2D eigenvalue weighted by Gasteiger charge is -2.38. The number of carboxylic acids is 1. The van der Waals surface area contributed by atoms with E-state index in [2.05, 4.69) is 19.2 Å². The van der Waals surface area contributed by atoms with E-state index < -0.39 is 17.4 Å². The summed E-state index contributed by atoms with van der Waals surface area (Å²) in [4.78, 5) is 37.3. The fraction of sp³-hybridized carbons (Fsp3) is 0.682. The Balaban J connectivity index is 2.35. The van der Waals surface area contributed by atoms with Gasteiger partial charge in [-0.2, -0.15) is 0 Å². The first-order chi connectivity index (χ1) is 13.7. The topological polar surface area (TPSA) is 97.6 Å². The standard InChI is InChI=1S/C22H34N2O5/c1-5-18-16(4)14-17(21(28)24(18)11-7-15(2)3)20(27)23-22(8-6-19(25)26)9-12-29-13-10-22/h14-15H,5-13H2,1-4H3,(H,23,27)(H,25,26). The molecule has 0 atom stereocenters. The molecule has 0 bridgehead atoms. The molecule has 7 heteroatoms. The maximum Gasteiger partial charge on any atom is 0.303 e. The normalized spacial score (nSPS) is 16.0. The second-order valence-electron chi connectivity index (χ2n) is 8.42. The van der Waals surface area contributed by atoms with Gasteiger partial charge in [0.15, 0.2) is 0 Å². The van der Waals surface area contributed by atoms with Gasteiger partial charge >= 0.3 is 5.97 Å². The summed E-state index contributed by atoms with van der Waals surface area (Å²) in [6.07, 6.45) is 2.95. The van der Waals surface area contributed by atoms with Gasteiger partial charge in [-0.05, 0) is 56.6 Å². The number of pyridine rings is 1. The zero-order valence-corrected chi connectivity index (χ0v) is 18.0. The van der Waals surface area contributed by atoms with Gasteiger partial charge in [0, 0.05) is 37.4 Å². The molecule has 0 saturated carbocycles. The van der Waals surface area contributed by atoms with Crippen LogP contribution in [0.25, 0.3) is 0 Å². The van der Waals surface area contributed by atoms with Crippen LogP contribution in [0.15, 0.2) is 10.9 Å². The second-order valence-corrected chi connectivity index (χ2v) is 8.42. The van der Waals surface area contributed by atoms with Crippen LogP contribution in [0.4, 0.5) is 0 Å². The van der Waals surface area contributed by atoms with E-state index in [9.17, 15) is 14.4 Å². The third kappa shape index (κ3) is 5.92. The smallest absolute Gasteiger partial charge is 0.303 e. The highest BCUT2D eigenvalue weighted by molar-refractivity contribution is 5.94. The average Bonchev–Trinajstić information content (AvgIpc) is 2.67. The van der Waals surface area contributed by atoms with Crippen molar-refractivity contribution in [1.82, 2.24) is 9.88 Å². The number of nitrogens with one attached hydrogen (secondary N) is 1. The highest BCUT2D eigenvalue weighted by Gasteiger charge is 2.35. The number of rotatable bonds is 9. The Morgan fingerprint density at radius 1 is 1.31 bits per heavy atom. The number of aliphatic carboxylic acids is 1. The fourth-order valence-electron chi connectivity index (χ4n) is 3.95. The molecule has 29 heavy (non-hydrogen) atoms. The first kappa shape index (κ1) is 23.1. The molecule has 1 saturated heterocycles. The molecule has 0 spiro atoms. The lowest BCUT2D eigenvalue weighted by Crippen LogP contribution is -2.53. The molecule has 7 nitrogen and oxygen atoms in total. The number of carbonyl (C=O) groups is 2. The minimum atomic E-state index is -0.899. The molecule has 1 fully saturated rings. The van der Waals surface area contributed by atoms with Crippen molar-refractivity contribution < 1.29 is 19.4 Å². The summed E-state index contributed by atoms with van der Waals surface area (Å²) < 4.78 is 7.14. The molecular weight excluding hydrogens is 372 g/mol. The van der Waals surface area contributed by atoms with Gasteiger partial charge < -0.3 is 19.7 Å². The number of aryl methyl sites for hydroxylation is 1. The Hall–Kier alpha value is -2.15. The van der Waals surface area contributed by atoms with Crippen molar-refractivity contribution in [3.05, 3.63) is 33.2 Å². The minimum absolute atomic E-state index is 0.0350. The van der Waals surface area contributed by atoms with Crippen molar-refractivity contribution in [3.63, 3.8) is 0 Å². The van der Waals surface area contributed by atoms with Crippen LogP contribution < -0.4 is 10.9 Å². The van der Waals surface area contributed by atoms with Gasteiger partial charge in [0.05, 0.1) is 0 Å². The molecule has 0 aromatic carbocycles. The molecular formula is C22H34N2O5. The monoisotopic (exact) mass is 406 g/mol. The number of amides is 1. The number of carbonyl (C=O) groups excluding carboxylic acids is 1. The van der Waals surface area contributed by atoms with Crippen LogP contribution in [0.1, 0.15) is 74.5 Å². The number of hydrogen-bond acceptors (Lipinski definition) is 4. The number of aromatic nitrogens is 1. The lowest BCUT2D eigenvalue weighted by atomic mass is 9.85. The lowest BCUT2D eigenvalue weighted by molar-refractivity contribution is -0.137. The summed E-state index contributed by atoms with van der Waals surface area (Å²) in [6, 6.07) is 1.67. The highest BCUT2D eigenvalue weighted by atomic mass is 16.5. The molecule has 2 heterocycles. The summed E-state index contributed by atoms with van der Waals surface area (Å²) in [6.45, 7) is 9.67. The van der Waals surface area contributed by atoms with Crippen molar-refractivity contribution >= 4 is 11.9 Å². The van der Waals surface area contributed by atoms with Crippen molar-refractivity contribution in [2.45, 2.75) is 78.3 Å². The quantitative estimate of drug-likeness (QED) is 0.657. The molecule has 1 aromatic heterocycles. The van der Waals surface area contributed by atoms with E-state index in [1.54, 1.807) is 10.6 Å². The van der Waals surface area contributed by atoms with E-state index in [4.69, 9.17) is 9.84 Å². The van der Waals surface area contributed by atoms with Crippen LogP contribution >= 0.6 is 0 Å². The number of hydrogen-bond donors (Lipinski definition) is 2. The third-order valence-corrected chi connectivity index (χ3v) is 5.77. The van der Waals surface area contributed by atoms with Gasteiger partial charge in [0.2, 0.25) is 0 Å². The summed E-state index contributed by atoms with van der Waals surface area (Å²) in [5, 5.41) is 12.1. The van der Waals surface area contributed by atoms with E-state index >= 15 is 0 Å². The first-order valence-corrected chi connectivity index (χ1v) is 10.5. The van der Waals surface area contributed by atoms with Crippen molar-refractivity contribution in [2.75, 3.05) is 13.2 Å². The molecule has 1 amide bonds. The van der Waals surface area contributed by atoms with Gasteiger partial charge in [-0.1, -0.05) is 20.8 Å². The van der Waals surface area contributed by atoms with Crippen molar-refractivity contribution in [3.8, 4) is 0 Å².